The molecular weight excluding hydrogens is 304 g/mol. The van der Waals surface area contributed by atoms with Crippen LogP contribution in [0.1, 0.15) is 31.2 Å². The van der Waals surface area contributed by atoms with Gasteiger partial charge < -0.3 is 9.64 Å². The summed E-state index contributed by atoms with van der Waals surface area (Å²) in [5, 5.41) is 4.26. The van der Waals surface area contributed by atoms with E-state index in [2.05, 4.69) is 21.1 Å². The van der Waals surface area contributed by atoms with Crippen molar-refractivity contribution in [3.63, 3.8) is 0 Å². The van der Waals surface area contributed by atoms with Crippen molar-refractivity contribution in [1.29, 1.82) is 0 Å². The second-order valence-electron chi connectivity index (χ2n) is 7.55. The van der Waals surface area contributed by atoms with Crippen LogP contribution in [0.15, 0.2) is 12.4 Å². The fourth-order valence-electron chi connectivity index (χ4n) is 4.62. The lowest BCUT2D eigenvalue weighted by atomic mass is 9.78. The molecule has 3 aliphatic heterocycles. The van der Waals surface area contributed by atoms with Crippen LogP contribution >= 0.6 is 0 Å². The first-order valence-corrected chi connectivity index (χ1v) is 9.31. The van der Waals surface area contributed by atoms with Gasteiger partial charge in [-0.05, 0) is 25.7 Å². The predicted molar refractivity (Wildman–Crippen MR) is 90.3 cm³/mol. The van der Waals surface area contributed by atoms with Crippen molar-refractivity contribution in [2.24, 2.45) is 18.9 Å². The van der Waals surface area contributed by atoms with Crippen LogP contribution in [-0.2, 0) is 23.1 Å². The molecule has 0 bridgehead atoms. The fraction of sp³-hybridized carbons (Fsp3) is 0.778. The molecule has 0 saturated carbocycles. The highest BCUT2D eigenvalue weighted by Crippen LogP contribution is 2.35. The Morgan fingerprint density at radius 1 is 1.29 bits per heavy atom. The van der Waals surface area contributed by atoms with Crippen molar-refractivity contribution in [1.82, 2.24) is 19.6 Å². The second kappa shape index (κ2) is 6.84. The normalized spacial score (nSPS) is 31.2. The van der Waals surface area contributed by atoms with Crippen molar-refractivity contribution < 1.29 is 9.53 Å². The Morgan fingerprint density at radius 2 is 2.12 bits per heavy atom. The smallest absolute Gasteiger partial charge is 0.226 e. The highest BCUT2D eigenvalue weighted by molar-refractivity contribution is 5.79. The number of nitrogens with zero attached hydrogens (tertiary/aromatic N) is 4. The van der Waals surface area contributed by atoms with Gasteiger partial charge in [0.05, 0.1) is 12.3 Å². The third-order valence-corrected chi connectivity index (χ3v) is 5.85. The number of aromatic nitrogens is 2. The van der Waals surface area contributed by atoms with Crippen LogP contribution in [0.4, 0.5) is 0 Å². The van der Waals surface area contributed by atoms with Gasteiger partial charge in [-0.2, -0.15) is 5.10 Å². The number of carbonyl (C=O) groups excluding carboxylic acids is 1. The number of amides is 1. The summed E-state index contributed by atoms with van der Waals surface area (Å²) >= 11 is 0. The molecule has 1 aromatic rings. The number of rotatable bonds is 3. The zero-order chi connectivity index (χ0) is 16.5. The fourth-order valence-corrected chi connectivity index (χ4v) is 4.62. The Morgan fingerprint density at radius 3 is 2.88 bits per heavy atom. The lowest BCUT2D eigenvalue weighted by Crippen LogP contribution is -2.53. The Balaban J connectivity index is 1.43. The van der Waals surface area contributed by atoms with Crippen molar-refractivity contribution in [3.05, 3.63) is 18.0 Å². The molecular formula is C18H28N4O2. The van der Waals surface area contributed by atoms with Crippen LogP contribution in [-0.4, -0.2) is 64.4 Å². The van der Waals surface area contributed by atoms with E-state index < -0.39 is 0 Å². The molecule has 0 unspecified atom stereocenters. The molecule has 0 aromatic carbocycles. The molecule has 4 rings (SSSR count). The number of likely N-dealkylation sites (tertiary alicyclic amines) is 2. The van der Waals surface area contributed by atoms with Gasteiger partial charge in [0, 0.05) is 70.0 Å². The van der Waals surface area contributed by atoms with Gasteiger partial charge in [0.15, 0.2) is 0 Å². The van der Waals surface area contributed by atoms with Gasteiger partial charge in [0.25, 0.3) is 0 Å². The average Bonchev–Trinajstić information content (AvgIpc) is 3.25. The van der Waals surface area contributed by atoms with Crippen LogP contribution in [0.25, 0.3) is 0 Å². The molecule has 3 atom stereocenters. The SMILES string of the molecule is Cn1cc(CN2CC[C@@H]3OCC[C@H](C(=O)N4CCCC4)[C@H]3C2)cn1. The first-order chi connectivity index (χ1) is 11.7. The predicted octanol–water partition coefficient (Wildman–Crippen LogP) is 1.27. The van der Waals surface area contributed by atoms with Gasteiger partial charge in [-0.25, -0.2) is 0 Å². The minimum atomic E-state index is 0.151. The van der Waals surface area contributed by atoms with Crippen LogP contribution in [0.3, 0.4) is 0 Å². The third kappa shape index (κ3) is 3.22. The number of hydrogen-bond acceptors (Lipinski definition) is 4. The number of carbonyl (C=O) groups is 1. The molecule has 1 amide bonds. The van der Waals surface area contributed by atoms with Crippen LogP contribution in [0, 0.1) is 11.8 Å². The van der Waals surface area contributed by atoms with E-state index in [0.717, 1.165) is 65.0 Å². The van der Waals surface area contributed by atoms with E-state index >= 15 is 0 Å². The van der Waals surface area contributed by atoms with E-state index in [1.807, 2.05) is 17.9 Å². The van der Waals surface area contributed by atoms with E-state index in [1.54, 1.807) is 0 Å². The summed E-state index contributed by atoms with van der Waals surface area (Å²) in [4.78, 5) is 17.5. The number of aryl methyl sites for hydroxylation is 1. The molecule has 4 heterocycles. The van der Waals surface area contributed by atoms with Gasteiger partial charge in [-0.1, -0.05) is 0 Å². The van der Waals surface area contributed by atoms with Gasteiger partial charge >= 0.3 is 0 Å². The van der Waals surface area contributed by atoms with Crippen LogP contribution in [0.5, 0.6) is 0 Å². The maximum Gasteiger partial charge on any atom is 0.226 e. The first-order valence-electron chi connectivity index (χ1n) is 9.31. The quantitative estimate of drug-likeness (QED) is 0.836. The molecule has 3 fully saturated rings. The number of ether oxygens (including phenoxy) is 1. The lowest BCUT2D eigenvalue weighted by molar-refractivity contribution is -0.150. The third-order valence-electron chi connectivity index (χ3n) is 5.85. The van der Waals surface area contributed by atoms with E-state index in [1.165, 1.54) is 5.56 Å². The molecule has 0 radical (unpaired) electrons. The first kappa shape index (κ1) is 16.1. The standard InChI is InChI=1S/C18H28N4O2/c1-20-11-14(10-19-20)12-21-8-4-17-16(13-21)15(5-9-24-17)18(23)22-6-2-3-7-22/h10-11,15-17H,2-9,12-13H2,1H3/t15-,16+,17-/m0/s1. The molecule has 6 nitrogen and oxygen atoms in total. The molecule has 3 saturated heterocycles. The molecule has 132 valence electrons. The molecule has 0 spiro atoms. The van der Waals surface area contributed by atoms with Crippen molar-refractivity contribution in [2.45, 2.75) is 38.3 Å². The summed E-state index contributed by atoms with van der Waals surface area (Å²) in [5.74, 6) is 0.879. The monoisotopic (exact) mass is 332 g/mol. The Hall–Kier alpha value is -1.40. The summed E-state index contributed by atoms with van der Waals surface area (Å²) in [6, 6.07) is 0. The lowest BCUT2D eigenvalue weighted by Gasteiger charge is -2.45. The van der Waals surface area contributed by atoms with Crippen molar-refractivity contribution in [3.8, 4) is 0 Å². The summed E-state index contributed by atoms with van der Waals surface area (Å²) in [7, 11) is 1.95. The number of piperidine rings is 1. The zero-order valence-electron chi connectivity index (χ0n) is 14.6. The van der Waals surface area contributed by atoms with E-state index in [9.17, 15) is 4.79 Å². The van der Waals surface area contributed by atoms with Crippen LogP contribution in [0.2, 0.25) is 0 Å². The van der Waals surface area contributed by atoms with E-state index in [0.29, 0.717) is 11.8 Å². The van der Waals surface area contributed by atoms with Crippen molar-refractivity contribution >= 4 is 5.91 Å². The minimum Gasteiger partial charge on any atom is -0.378 e. The summed E-state index contributed by atoms with van der Waals surface area (Å²) < 4.78 is 7.87. The molecule has 0 aliphatic carbocycles. The van der Waals surface area contributed by atoms with Crippen molar-refractivity contribution in [2.75, 3.05) is 32.8 Å². The number of fused-ring (bicyclic) bond motifs is 1. The molecule has 1 aromatic heterocycles. The number of hydrogen-bond donors (Lipinski definition) is 0. The molecule has 0 N–H and O–H groups in total. The topological polar surface area (TPSA) is 50.6 Å². The van der Waals surface area contributed by atoms with Gasteiger partial charge in [-0.3, -0.25) is 14.4 Å². The zero-order valence-corrected chi connectivity index (χ0v) is 14.6. The van der Waals surface area contributed by atoms with Crippen LogP contribution < -0.4 is 0 Å². The summed E-state index contributed by atoms with van der Waals surface area (Å²) in [6.07, 6.45) is 8.53. The molecule has 6 heteroatoms. The van der Waals surface area contributed by atoms with Gasteiger partial charge in [0.1, 0.15) is 0 Å². The largest absolute Gasteiger partial charge is 0.378 e. The Bertz CT molecular complexity index is 581. The Labute approximate surface area is 143 Å². The highest BCUT2D eigenvalue weighted by Gasteiger charge is 2.43. The van der Waals surface area contributed by atoms with Gasteiger partial charge in [0.2, 0.25) is 5.91 Å². The summed E-state index contributed by atoms with van der Waals surface area (Å²) in [6.45, 7) is 5.57. The van der Waals surface area contributed by atoms with E-state index in [4.69, 9.17) is 4.74 Å². The second-order valence-corrected chi connectivity index (χ2v) is 7.55. The average molecular weight is 332 g/mol. The summed E-state index contributed by atoms with van der Waals surface area (Å²) in [5.41, 5.74) is 1.25. The molecule has 24 heavy (non-hydrogen) atoms. The maximum absolute atomic E-state index is 13.0. The molecule has 3 aliphatic rings. The van der Waals surface area contributed by atoms with Gasteiger partial charge in [-0.15, -0.1) is 0 Å². The van der Waals surface area contributed by atoms with E-state index in [-0.39, 0.29) is 12.0 Å². The maximum atomic E-state index is 13.0. The Kier molecular flexibility index (Phi) is 4.59. The minimum absolute atomic E-state index is 0.151. The highest BCUT2D eigenvalue weighted by atomic mass is 16.5.